The highest BCUT2D eigenvalue weighted by molar-refractivity contribution is 6.23. The molecule has 0 bridgehead atoms. The number of rotatable bonds is 0. The van der Waals surface area contributed by atoms with E-state index in [9.17, 15) is 42.1 Å². The van der Waals surface area contributed by atoms with Gasteiger partial charge in [0.1, 0.15) is 48.6 Å². The molecule has 0 unspecified atom stereocenters. The van der Waals surface area contributed by atoms with Crippen LogP contribution in [0, 0.1) is 96.1 Å². The summed E-state index contributed by atoms with van der Waals surface area (Å²) in [6.45, 7) is 0. The molecule has 0 heterocycles. The van der Waals surface area contributed by atoms with Crippen LogP contribution >= 0.6 is 0 Å². The predicted molar refractivity (Wildman–Crippen MR) is 102 cm³/mol. The van der Waals surface area contributed by atoms with E-state index in [1.165, 1.54) is 0 Å². The Kier molecular flexibility index (Phi) is 4.47. The summed E-state index contributed by atoms with van der Waals surface area (Å²) in [6, 6.07) is 14.0. The van der Waals surface area contributed by atoms with E-state index in [1.54, 1.807) is 48.6 Å². The third-order valence-corrected chi connectivity index (χ3v) is 4.77. The molecule has 1 aliphatic rings. The van der Waals surface area contributed by atoms with E-state index in [0.29, 0.717) is 0 Å². The molecule has 1 aliphatic carbocycles. The van der Waals surface area contributed by atoms with Crippen LogP contribution in [-0.2, 0) is 0 Å². The van der Waals surface area contributed by atoms with Gasteiger partial charge in [-0.05, 0) is 5.87 Å². The summed E-state index contributed by atoms with van der Waals surface area (Å²) in [5.74, 6) is 2.02. The lowest BCUT2D eigenvalue weighted by atomic mass is 9.81. The average Bonchev–Trinajstić information content (AvgIpc) is 3.13. The van der Waals surface area contributed by atoms with Gasteiger partial charge in [0.05, 0.1) is 50.1 Å². The zero-order valence-corrected chi connectivity index (χ0v) is 15.1. The van der Waals surface area contributed by atoms with E-state index < -0.39 is 16.7 Å². The maximum absolute atomic E-state index is 9.80. The molecule has 134 valence electrons. The number of benzene rings is 2. The highest BCUT2D eigenvalue weighted by Crippen LogP contribution is 2.48. The fourth-order valence-corrected chi connectivity index (χ4v) is 3.64. The van der Waals surface area contributed by atoms with Gasteiger partial charge in [-0.1, -0.05) is 0 Å². The highest BCUT2D eigenvalue weighted by atomic mass is 14.4. The lowest BCUT2D eigenvalue weighted by Gasteiger charge is -2.15. The van der Waals surface area contributed by atoms with Gasteiger partial charge in [0, 0.05) is 21.9 Å². The van der Waals surface area contributed by atoms with E-state index in [1.807, 2.05) is 5.87 Å². The summed E-state index contributed by atoms with van der Waals surface area (Å²) in [4.78, 5) is 0. The number of nitrogens with zero attached hydrogens (tertiary/aromatic N) is 8. The van der Waals surface area contributed by atoms with Crippen molar-refractivity contribution in [3.8, 4) is 48.6 Å². The summed E-state index contributed by atoms with van der Waals surface area (Å²) in [5, 5.41) is 84.6. The van der Waals surface area contributed by atoms with Crippen LogP contribution in [0.3, 0.4) is 0 Å². The van der Waals surface area contributed by atoms with Crippen molar-refractivity contribution in [3.63, 3.8) is 0 Å². The number of nitrogens with one attached hydrogen (secondary N) is 1. The fourth-order valence-electron chi connectivity index (χ4n) is 3.64. The molecule has 31 heavy (non-hydrogen) atoms. The van der Waals surface area contributed by atoms with Gasteiger partial charge < -0.3 is 0 Å². The lowest BCUT2D eigenvalue weighted by molar-refractivity contribution is 1.37. The monoisotopic (exact) mass is 391 g/mol. The zero-order valence-electron chi connectivity index (χ0n) is 15.1. The van der Waals surface area contributed by atoms with Crippen LogP contribution in [0.1, 0.15) is 44.5 Å². The minimum absolute atomic E-state index is 0.109. The van der Waals surface area contributed by atoms with Gasteiger partial charge in [0.15, 0.2) is 0 Å². The normalized spacial score (nSPS) is 10.8. The minimum Gasteiger partial charge on any atom is -0.258 e. The van der Waals surface area contributed by atoms with Crippen LogP contribution in [0.2, 0.25) is 0 Å². The van der Waals surface area contributed by atoms with E-state index >= 15 is 0 Å². The molecule has 1 N–H and O–H groups in total. The quantitative estimate of drug-likeness (QED) is 0.656. The topological polar surface area (TPSA) is 214 Å². The Bertz CT molecular complexity index is 1710. The van der Waals surface area contributed by atoms with E-state index in [0.717, 1.165) is 0 Å². The van der Waals surface area contributed by atoms with E-state index in [4.69, 9.17) is 5.41 Å². The van der Waals surface area contributed by atoms with Crippen LogP contribution in [0.4, 0.5) is 0 Å². The third-order valence-electron chi connectivity index (χ3n) is 4.77. The minimum atomic E-state index is -0.443. The number of hydrogen-bond donors (Lipinski definition) is 1. The first-order chi connectivity index (χ1) is 15.0. The molecule has 9 heteroatoms. The SMILES string of the molecule is N#CC1=C(C#N)c2c(C#N)c(C#N)c3c(C#N)c(C#N)c(C#N)c(C#N)c3c2C1=C=N. The van der Waals surface area contributed by atoms with Gasteiger partial charge in [-0.15, -0.1) is 0 Å². The largest absolute Gasteiger partial charge is 0.258 e. The molecule has 0 saturated carbocycles. The molecule has 0 spiro atoms. The van der Waals surface area contributed by atoms with Crippen LogP contribution < -0.4 is 0 Å². The van der Waals surface area contributed by atoms with Crippen LogP contribution in [-0.4, -0.2) is 5.87 Å². The third kappa shape index (κ3) is 2.20. The molecular formula is C22HN9. The molecule has 0 fully saturated rings. The Labute approximate surface area is 174 Å². The standard InChI is InChI=1S/C22HN9/c23-1-10-11(2-24)15(6-28)21-19(13(10)4-26)17(8-30)18(9-31)20-14(5-27)12(3-25)16(7-29)22(20)21/h29H. The Balaban J connectivity index is 2.99. The van der Waals surface area contributed by atoms with E-state index in [-0.39, 0.29) is 55.3 Å². The van der Waals surface area contributed by atoms with Crippen molar-refractivity contribution >= 4 is 27.8 Å². The number of hydrogen-bond acceptors (Lipinski definition) is 9. The van der Waals surface area contributed by atoms with Crippen molar-refractivity contribution in [2.24, 2.45) is 0 Å². The van der Waals surface area contributed by atoms with Crippen molar-refractivity contribution < 1.29 is 0 Å². The van der Waals surface area contributed by atoms with Gasteiger partial charge in [-0.2, -0.15) is 42.1 Å². The first kappa shape index (κ1) is 19.6. The summed E-state index contributed by atoms with van der Waals surface area (Å²) in [6.07, 6.45) is 0. The smallest absolute Gasteiger partial charge is 0.102 e. The molecule has 3 rings (SSSR count). The second kappa shape index (κ2) is 7.09. The number of allylic oxidation sites excluding steroid dienone is 3. The Morgan fingerprint density at radius 2 is 0.839 bits per heavy atom. The first-order valence-corrected chi connectivity index (χ1v) is 8.04. The second-order valence-corrected chi connectivity index (χ2v) is 5.89. The van der Waals surface area contributed by atoms with Crippen molar-refractivity contribution in [2.45, 2.75) is 0 Å². The summed E-state index contributed by atoms with van der Waals surface area (Å²) in [5.41, 5.74) is -3.49. The summed E-state index contributed by atoms with van der Waals surface area (Å²) < 4.78 is 0. The Morgan fingerprint density at radius 3 is 1.23 bits per heavy atom. The number of nitriles is 8. The van der Waals surface area contributed by atoms with E-state index in [2.05, 4.69) is 0 Å². The maximum atomic E-state index is 9.80. The van der Waals surface area contributed by atoms with Gasteiger partial charge in [0.2, 0.25) is 0 Å². The van der Waals surface area contributed by atoms with Crippen molar-refractivity contribution in [2.75, 3.05) is 0 Å². The van der Waals surface area contributed by atoms with Gasteiger partial charge >= 0.3 is 0 Å². The molecule has 2 aromatic rings. The molecular weight excluding hydrogens is 390 g/mol. The fraction of sp³-hybridized carbons (Fsp3) is 0. The van der Waals surface area contributed by atoms with Crippen LogP contribution in [0.5, 0.6) is 0 Å². The van der Waals surface area contributed by atoms with Crippen LogP contribution in [0.25, 0.3) is 21.9 Å². The molecule has 0 aromatic heterocycles. The first-order valence-electron chi connectivity index (χ1n) is 8.04. The molecule has 0 radical (unpaired) electrons. The Morgan fingerprint density at radius 1 is 0.419 bits per heavy atom. The number of fused-ring (bicyclic) bond motifs is 3. The van der Waals surface area contributed by atoms with Gasteiger partial charge in [-0.25, -0.2) is 0 Å². The molecule has 9 nitrogen and oxygen atoms in total. The lowest BCUT2D eigenvalue weighted by Crippen LogP contribution is -2.05. The van der Waals surface area contributed by atoms with Gasteiger partial charge in [-0.3, -0.25) is 5.41 Å². The summed E-state index contributed by atoms with van der Waals surface area (Å²) >= 11 is 0. The second-order valence-electron chi connectivity index (χ2n) is 5.89. The van der Waals surface area contributed by atoms with Crippen molar-refractivity contribution in [1.29, 1.82) is 47.5 Å². The van der Waals surface area contributed by atoms with Crippen LogP contribution in [0.15, 0.2) is 5.57 Å². The molecule has 0 atom stereocenters. The maximum Gasteiger partial charge on any atom is 0.102 e. The highest BCUT2D eigenvalue weighted by Gasteiger charge is 2.37. The average molecular weight is 391 g/mol. The van der Waals surface area contributed by atoms with Crippen molar-refractivity contribution in [3.05, 3.63) is 50.1 Å². The summed E-state index contributed by atoms with van der Waals surface area (Å²) in [7, 11) is 0. The predicted octanol–water partition coefficient (Wildman–Crippen LogP) is 2.52. The Hall–Kier alpha value is -6.19. The van der Waals surface area contributed by atoms with Gasteiger partial charge in [0.25, 0.3) is 0 Å². The molecule has 0 aliphatic heterocycles. The molecule has 0 amide bonds. The zero-order chi connectivity index (χ0) is 22.9. The molecule has 2 aromatic carbocycles. The van der Waals surface area contributed by atoms with Crippen molar-refractivity contribution in [1.82, 2.24) is 0 Å². The molecule has 0 saturated heterocycles.